The number of rotatable bonds is 8. The largest absolute Gasteiger partial charge is 0.385 e. The topological polar surface area (TPSA) is 68.6 Å². The van der Waals surface area contributed by atoms with Gasteiger partial charge >= 0.3 is 0 Å². The van der Waals surface area contributed by atoms with Gasteiger partial charge in [0.15, 0.2) is 0 Å². The standard InChI is InChI=1S/C22H32N4O3/c1-15-11-17(12-20-19(15)13-24-25(20)8-4-9-28-3)16(2)26(18-5-6-18)22(27)21-14-23-7-10-29-21/h11-13,16,18,21,23H,4-10,14H2,1-3H3/t16-,21-/m1/s1. The molecule has 2 aliphatic rings. The van der Waals surface area contributed by atoms with Crippen LogP contribution >= 0.6 is 0 Å². The molecular weight excluding hydrogens is 368 g/mol. The van der Waals surface area contributed by atoms with E-state index < -0.39 is 0 Å². The molecule has 7 heteroatoms. The summed E-state index contributed by atoms with van der Waals surface area (Å²) in [6.45, 7) is 7.80. The van der Waals surface area contributed by atoms with Crippen LogP contribution in [-0.4, -0.2) is 66.1 Å². The van der Waals surface area contributed by atoms with Crippen LogP contribution in [0.2, 0.25) is 0 Å². The van der Waals surface area contributed by atoms with Crippen molar-refractivity contribution in [3.8, 4) is 0 Å². The maximum absolute atomic E-state index is 13.3. The van der Waals surface area contributed by atoms with E-state index in [2.05, 4.69) is 46.0 Å². The second-order valence-corrected chi connectivity index (χ2v) is 8.20. The van der Waals surface area contributed by atoms with E-state index in [4.69, 9.17) is 9.47 Å². The Balaban J connectivity index is 1.61. The van der Waals surface area contributed by atoms with Gasteiger partial charge in [-0.1, -0.05) is 6.07 Å². The molecule has 0 radical (unpaired) electrons. The molecule has 0 unspecified atom stereocenters. The SMILES string of the molecule is COCCCn1ncc2c(C)cc([C@@H](C)N(C(=O)[C@H]3CNCCO3)C3CC3)cc21. The molecule has 1 amide bonds. The normalized spacial score (nSPS) is 20.7. The number of ether oxygens (including phenoxy) is 2. The Labute approximate surface area is 172 Å². The number of hydrogen-bond donors (Lipinski definition) is 1. The van der Waals surface area contributed by atoms with Gasteiger partial charge in [-0.3, -0.25) is 9.48 Å². The lowest BCUT2D eigenvalue weighted by molar-refractivity contribution is -0.148. The van der Waals surface area contributed by atoms with Crippen LogP contribution in [0.5, 0.6) is 0 Å². The minimum absolute atomic E-state index is 0.00551. The zero-order valence-corrected chi connectivity index (χ0v) is 17.7. The van der Waals surface area contributed by atoms with Gasteiger partial charge in [0.05, 0.1) is 24.4 Å². The Hall–Kier alpha value is -1.96. The van der Waals surface area contributed by atoms with Gasteiger partial charge in [0.2, 0.25) is 0 Å². The molecule has 1 saturated carbocycles. The minimum Gasteiger partial charge on any atom is -0.385 e. The molecule has 1 N–H and O–H groups in total. The molecule has 0 spiro atoms. The van der Waals surface area contributed by atoms with E-state index in [1.54, 1.807) is 7.11 Å². The van der Waals surface area contributed by atoms with Gasteiger partial charge in [-0.2, -0.15) is 5.10 Å². The van der Waals surface area contributed by atoms with Gasteiger partial charge in [0.25, 0.3) is 5.91 Å². The average molecular weight is 401 g/mol. The third-order valence-electron chi connectivity index (χ3n) is 6.01. The van der Waals surface area contributed by atoms with Crippen LogP contribution in [0, 0.1) is 6.92 Å². The average Bonchev–Trinajstić information content (AvgIpc) is 3.48. The highest BCUT2D eigenvalue weighted by Crippen LogP contribution is 2.36. The van der Waals surface area contributed by atoms with E-state index in [1.165, 1.54) is 10.9 Å². The number of nitrogens with zero attached hydrogens (tertiary/aromatic N) is 3. The van der Waals surface area contributed by atoms with Crippen molar-refractivity contribution in [2.45, 2.75) is 57.8 Å². The van der Waals surface area contributed by atoms with Crippen LogP contribution in [0.15, 0.2) is 18.3 Å². The molecule has 0 bridgehead atoms. The quantitative estimate of drug-likeness (QED) is 0.690. The molecule has 7 nitrogen and oxygen atoms in total. The van der Waals surface area contributed by atoms with Gasteiger partial charge in [0.1, 0.15) is 6.10 Å². The van der Waals surface area contributed by atoms with Crippen LogP contribution in [0.4, 0.5) is 0 Å². The van der Waals surface area contributed by atoms with Gasteiger partial charge in [-0.15, -0.1) is 0 Å². The number of carbonyl (C=O) groups is 1. The highest BCUT2D eigenvalue weighted by molar-refractivity contribution is 5.84. The summed E-state index contributed by atoms with van der Waals surface area (Å²) in [5.41, 5.74) is 3.48. The van der Waals surface area contributed by atoms with Crippen LogP contribution < -0.4 is 5.32 Å². The zero-order valence-electron chi connectivity index (χ0n) is 17.7. The van der Waals surface area contributed by atoms with Gasteiger partial charge in [-0.05, 0) is 50.3 Å². The van der Waals surface area contributed by atoms with E-state index in [1.807, 2.05) is 6.20 Å². The summed E-state index contributed by atoms with van der Waals surface area (Å²) in [7, 11) is 1.72. The number of nitrogens with one attached hydrogen (secondary N) is 1. The summed E-state index contributed by atoms with van der Waals surface area (Å²) < 4.78 is 13.0. The van der Waals surface area contributed by atoms with Crippen molar-refractivity contribution in [2.24, 2.45) is 0 Å². The Morgan fingerprint density at radius 1 is 1.45 bits per heavy atom. The van der Waals surface area contributed by atoms with Crippen molar-refractivity contribution in [1.29, 1.82) is 0 Å². The number of hydrogen-bond acceptors (Lipinski definition) is 5. The first-order valence-corrected chi connectivity index (χ1v) is 10.7. The molecule has 2 aromatic rings. The van der Waals surface area contributed by atoms with E-state index in [-0.39, 0.29) is 18.1 Å². The van der Waals surface area contributed by atoms with Crippen LogP contribution in [0.25, 0.3) is 10.9 Å². The van der Waals surface area contributed by atoms with Crippen LogP contribution in [0.3, 0.4) is 0 Å². The zero-order chi connectivity index (χ0) is 20.4. The summed E-state index contributed by atoms with van der Waals surface area (Å²) in [4.78, 5) is 15.3. The summed E-state index contributed by atoms with van der Waals surface area (Å²) >= 11 is 0. The highest BCUT2D eigenvalue weighted by Gasteiger charge is 2.40. The number of aryl methyl sites for hydroxylation is 2. The maximum atomic E-state index is 13.3. The van der Waals surface area contributed by atoms with E-state index in [0.717, 1.165) is 50.0 Å². The first-order chi connectivity index (χ1) is 14.1. The van der Waals surface area contributed by atoms with E-state index in [0.29, 0.717) is 19.2 Å². The number of methoxy groups -OCH3 is 1. The maximum Gasteiger partial charge on any atom is 0.253 e. The van der Waals surface area contributed by atoms with Crippen molar-refractivity contribution in [1.82, 2.24) is 20.0 Å². The van der Waals surface area contributed by atoms with Gasteiger partial charge < -0.3 is 19.7 Å². The Morgan fingerprint density at radius 2 is 2.28 bits per heavy atom. The van der Waals surface area contributed by atoms with Crippen LogP contribution in [0.1, 0.15) is 43.4 Å². The fourth-order valence-electron chi connectivity index (χ4n) is 4.25. The first-order valence-electron chi connectivity index (χ1n) is 10.7. The summed E-state index contributed by atoms with van der Waals surface area (Å²) in [5, 5.41) is 9.03. The monoisotopic (exact) mass is 400 g/mol. The lowest BCUT2D eigenvalue weighted by atomic mass is 10.0. The van der Waals surface area contributed by atoms with Gasteiger partial charge in [-0.25, -0.2) is 0 Å². The van der Waals surface area contributed by atoms with Crippen molar-refractivity contribution < 1.29 is 14.3 Å². The molecule has 4 rings (SSSR count). The van der Waals surface area contributed by atoms with E-state index in [9.17, 15) is 4.79 Å². The predicted octanol–water partition coefficient (Wildman–Crippen LogP) is 2.42. The smallest absolute Gasteiger partial charge is 0.253 e. The number of benzene rings is 1. The Kier molecular flexibility index (Phi) is 6.18. The highest BCUT2D eigenvalue weighted by atomic mass is 16.5. The second kappa shape index (κ2) is 8.81. The summed E-state index contributed by atoms with van der Waals surface area (Å²) in [5.74, 6) is 0.110. The van der Waals surface area contributed by atoms with Crippen molar-refractivity contribution >= 4 is 16.8 Å². The molecular formula is C22H32N4O3. The molecule has 158 valence electrons. The second-order valence-electron chi connectivity index (χ2n) is 8.20. The number of aromatic nitrogens is 2. The fraction of sp³-hybridized carbons (Fsp3) is 0.636. The molecule has 1 saturated heterocycles. The Morgan fingerprint density at radius 3 is 2.97 bits per heavy atom. The predicted molar refractivity (Wildman–Crippen MR) is 112 cm³/mol. The third kappa shape index (κ3) is 4.32. The molecule has 1 aliphatic heterocycles. The number of fused-ring (bicyclic) bond motifs is 1. The summed E-state index contributed by atoms with van der Waals surface area (Å²) in [6, 6.07) is 4.74. The molecule has 29 heavy (non-hydrogen) atoms. The van der Waals surface area contributed by atoms with E-state index >= 15 is 0 Å². The number of morpholine rings is 1. The molecule has 1 aromatic heterocycles. The molecule has 2 fully saturated rings. The van der Waals surface area contributed by atoms with Crippen LogP contribution in [-0.2, 0) is 20.8 Å². The van der Waals surface area contributed by atoms with Crippen molar-refractivity contribution in [2.75, 3.05) is 33.4 Å². The Bertz CT molecular complexity index is 855. The van der Waals surface area contributed by atoms with Gasteiger partial charge in [0, 0.05) is 44.8 Å². The van der Waals surface area contributed by atoms with Crippen molar-refractivity contribution in [3.63, 3.8) is 0 Å². The first kappa shape index (κ1) is 20.3. The fourth-order valence-corrected chi connectivity index (χ4v) is 4.25. The lowest BCUT2D eigenvalue weighted by Crippen LogP contribution is -2.50. The molecule has 1 aromatic carbocycles. The number of carbonyl (C=O) groups excluding carboxylic acids is 1. The molecule has 2 atom stereocenters. The third-order valence-corrected chi connectivity index (χ3v) is 6.01. The number of amides is 1. The lowest BCUT2D eigenvalue weighted by Gasteiger charge is -2.34. The molecule has 1 aliphatic carbocycles. The summed E-state index contributed by atoms with van der Waals surface area (Å²) in [6.07, 6.45) is 4.64. The van der Waals surface area contributed by atoms with Crippen molar-refractivity contribution in [3.05, 3.63) is 29.5 Å². The minimum atomic E-state index is -0.379. The molecule has 2 heterocycles.